The fraction of sp³-hybridized carbons (Fsp3) is 0.389. The number of ether oxygens (including phenoxy) is 1. The summed E-state index contributed by atoms with van der Waals surface area (Å²) in [5, 5.41) is 14.9. The van der Waals surface area contributed by atoms with E-state index in [4.69, 9.17) is 16.3 Å². The van der Waals surface area contributed by atoms with Gasteiger partial charge < -0.3 is 15.0 Å². The minimum absolute atomic E-state index is 0.109. The van der Waals surface area contributed by atoms with Gasteiger partial charge in [0, 0.05) is 19.3 Å². The number of aryl methyl sites for hydroxylation is 1. The number of carbonyl (C=O) groups excluding carboxylic acids is 1. The van der Waals surface area contributed by atoms with E-state index in [9.17, 15) is 4.79 Å². The van der Waals surface area contributed by atoms with Gasteiger partial charge in [-0.15, -0.1) is 0 Å². The normalized spacial score (nSPS) is 16.8. The molecule has 0 radical (unpaired) electrons. The second kappa shape index (κ2) is 8.08. The fourth-order valence-corrected chi connectivity index (χ4v) is 3.47. The van der Waals surface area contributed by atoms with Crippen molar-refractivity contribution in [2.75, 3.05) is 18.4 Å². The average molecular weight is 417 g/mol. The number of carbonyl (C=O) groups is 1. The van der Waals surface area contributed by atoms with Gasteiger partial charge in [0.15, 0.2) is 10.8 Å². The molecule has 1 fully saturated rings. The van der Waals surface area contributed by atoms with Crippen molar-refractivity contribution in [1.29, 1.82) is 0 Å². The van der Waals surface area contributed by atoms with E-state index < -0.39 is 0 Å². The molecule has 11 heteroatoms. The van der Waals surface area contributed by atoms with Gasteiger partial charge >= 0.3 is 0 Å². The first-order valence-electron chi connectivity index (χ1n) is 9.36. The molecule has 3 aromatic rings. The Labute approximate surface area is 171 Å². The first kappa shape index (κ1) is 19.2. The molecular formula is C18H21ClN8O2. The van der Waals surface area contributed by atoms with E-state index in [-0.39, 0.29) is 17.2 Å². The number of likely N-dealkylation sites (tertiary alicyclic amines) is 1. The van der Waals surface area contributed by atoms with Crippen LogP contribution in [-0.2, 0) is 11.3 Å². The minimum atomic E-state index is -0.215. The van der Waals surface area contributed by atoms with Gasteiger partial charge in [-0.05, 0) is 25.8 Å². The number of H-pyrrole nitrogens is 1. The number of nitrogens with zero attached hydrogens (tertiary/aromatic N) is 6. The molecule has 29 heavy (non-hydrogen) atoms. The molecule has 4 heterocycles. The molecule has 1 amide bonds. The Morgan fingerprint density at radius 1 is 1.52 bits per heavy atom. The Balaban J connectivity index is 1.61. The molecule has 2 N–H and O–H groups in total. The van der Waals surface area contributed by atoms with Gasteiger partial charge in [0.05, 0.1) is 18.4 Å². The van der Waals surface area contributed by atoms with Crippen LogP contribution in [0.2, 0.25) is 5.15 Å². The minimum Gasteiger partial charge on any atom is -0.472 e. The lowest BCUT2D eigenvalue weighted by molar-refractivity contribution is -0.128. The molecule has 152 valence electrons. The Morgan fingerprint density at radius 3 is 3.14 bits per heavy atom. The van der Waals surface area contributed by atoms with Crippen molar-refractivity contribution < 1.29 is 9.53 Å². The van der Waals surface area contributed by atoms with Crippen LogP contribution in [0.1, 0.15) is 19.8 Å². The highest BCUT2D eigenvalue weighted by atomic mass is 35.5. The fourth-order valence-electron chi connectivity index (χ4n) is 3.26. The molecule has 10 nitrogen and oxygen atoms in total. The van der Waals surface area contributed by atoms with E-state index in [1.54, 1.807) is 15.8 Å². The molecule has 0 aromatic carbocycles. The Bertz CT molecular complexity index is 1050. The highest BCUT2D eigenvalue weighted by molar-refractivity contribution is 6.34. The zero-order chi connectivity index (χ0) is 20.4. The first-order chi connectivity index (χ1) is 14.1. The molecule has 1 atom stereocenters. The third-order valence-electron chi connectivity index (χ3n) is 4.70. The van der Waals surface area contributed by atoms with Gasteiger partial charge in [-0.2, -0.15) is 20.2 Å². The summed E-state index contributed by atoms with van der Waals surface area (Å²) in [7, 11) is 0. The zero-order valence-corrected chi connectivity index (χ0v) is 16.7. The molecule has 1 saturated heterocycles. The molecule has 4 rings (SSSR count). The van der Waals surface area contributed by atoms with E-state index >= 15 is 0 Å². The van der Waals surface area contributed by atoms with Crippen molar-refractivity contribution in [3.8, 4) is 5.88 Å². The molecule has 0 aliphatic carbocycles. The molecular weight excluding hydrogens is 396 g/mol. The van der Waals surface area contributed by atoms with E-state index in [0.717, 1.165) is 25.1 Å². The zero-order valence-electron chi connectivity index (χ0n) is 15.9. The average Bonchev–Trinajstić information content (AvgIpc) is 3.34. The van der Waals surface area contributed by atoms with Crippen LogP contribution < -0.4 is 10.1 Å². The van der Waals surface area contributed by atoms with Crippen LogP contribution in [0.25, 0.3) is 11.0 Å². The number of halogens is 1. The number of fused-ring (bicyclic) bond motifs is 1. The van der Waals surface area contributed by atoms with Gasteiger partial charge in [0.2, 0.25) is 17.7 Å². The molecule has 0 spiro atoms. The highest BCUT2D eigenvalue weighted by Crippen LogP contribution is 2.31. The second-order valence-electron chi connectivity index (χ2n) is 6.67. The van der Waals surface area contributed by atoms with E-state index in [1.807, 2.05) is 13.1 Å². The van der Waals surface area contributed by atoms with Crippen LogP contribution in [0.5, 0.6) is 5.88 Å². The molecule has 3 aromatic heterocycles. The summed E-state index contributed by atoms with van der Waals surface area (Å²) in [6, 6.07) is 0. The topological polar surface area (TPSA) is 114 Å². The SMILES string of the molecule is C=CC(=O)N1CCCC(Oc2nc(Nc3cnn(CC)c3)nc3[nH]nc(Cl)c23)C1. The maximum Gasteiger partial charge on any atom is 0.246 e. The molecule has 0 saturated carbocycles. The van der Waals surface area contributed by atoms with Crippen LogP contribution in [0, 0.1) is 0 Å². The van der Waals surface area contributed by atoms with Gasteiger partial charge in [-0.25, -0.2) is 0 Å². The van der Waals surface area contributed by atoms with Crippen molar-refractivity contribution in [3.63, 3.8) is 0 Å². The van der Waals surface area contributed by atoms with E-state index in [1.165, 1.54) is 6.08 Å². The summed E-state index contributed by atoms with van der Waals surface area (Å²) in [5.41, 5.74) is 1.21. The predicted molar refractivity (Wildman–Crippen MR) is 108 cm³/mol. The number of anilines is 2. The summed E-state index contributed by atoms with van der Waals surface area (Å²) in [6.45, 7) is 7.45. The van der Waals surface area contributed by atoms with Gasteiger partial charge in [-0.3, -0.25) is 14.6 Å². The number of rotatable bonds is 6. The summed E-state index contributed by atoms with van der Waals surface area (Å²) >= 11 is 6.22. The lowest BCUT2D eigenvalue weighted by atomic mass is 10.1. The van der Waals surface area contributed by atoms with Crippen molar-refractivity contribution in [1.82, 2.24) is 34.8 Å². The van der Waals surface area contributed by atoms with Gasteiger partial charge in [-0.1, -0.05) is 18.2 Å². The number of hydrogen-bond donors (Lipinski definition) is 2. The Kier molecular flexibility index (Phi) is 5.34. The van der Waals surface area contributed by atoms with Crippen molar-refractivity contribution in [3.05, 3.63) is 30.2 Å². The Morgan fingerprint density at radius 2 is 2.38 bits per heavy atom. The summed E-state index contributed by atoms with van der Waals surface area (Å²) in [4.78, 5) is 22.6. The Hall–Kier alpha value is -3.14. The predicted octanol–water partition coefficient (Wildman–Crippen LogP) is 2.52. The number of aromatic amines is 1. The standard InChI is InChI=1S/C18H21ClN8O2/c1-3-13(28)26-7-5-6-12(10-26)29-17-14-15(19)24-25-16(14)22-18(23-17)21-11-8-20-27(4-2)9-11/h3,8-9,12H,1,4-7,10H2,2H3,(H2,21,22,23,24,25). The van der Waals surface area contributed by atoms with E-state index in [2.05, 4.69) is 37.2 Å². The largest absolute Gasteiger partial charge is 0.472 e. The smallest absolute Gasteiger partial charge is 0.246 e. The van der Waals surface area contributed by atoms with E-state index in [0.29, 0.717) is 36.0 Å². The van der Waals surface area contributed by atoms with Crippen LogP contribution in [0.15, 0.2) is 25.0 Å². The van der Waals surface area contributed by atoms with Crippen molar-refractivity contribution >= 4 is 40.2 Å². The number of amides is 1. The van der Waals surface area contributed by atoms with Crippen molar-refractivity contribution in [2.45, 2.75) is 32.4 Å². The lowest BCUT2D eigenvalue weighted by Gasteiger charge is -2.32. The summed E-state index contributed by atoms with van der Waals surface area (Å²) in [6.07, 6.45) is 6.28. The monoisotopic (exact) mass is 416 g/mol. The quantitative estimate of drug-likeness (QED) is 0.593. The molecule has 1 aliphatic heterocycles. The van der Waals surface area contributed by atoms with Crippen LogP contribution in [0.3, 0.4) is 0 Å². The third-order valence-corrected chi connectivity index (χ3v) is 4.97. The maximum atomic E-state index is 11.9. The summed E-state index contributed by atoms with van der Waals surface area (Å²) in [5.74, 6) is 0.540. The van der Waals surface area contributed by atoms with Crippen molar-refractivity contribution in [2.24, 2.45) is 0 Å². The number of nitrogens with one attached hydrogen (secondary N) is 2. The summed E-state index contributed by atoms with van der Waals surface area (Å²) < 4.78 is 7.94. The number of hydrogen-bond acceptors (Lipinski definition) is 7. The van der Waals surface area contributed by atoms with Gasteiger partial charge in [0.25, 0.3) is 0 Å². The first-order valence-corrected chi connectivity index (χ1v) is 9.74. The van der Waals surface area contributed by atoms with Crippen LogP contribution >= 0.6 is 11.6 Å². The second-order valence-corrected chi connectivity index (χ2v) is 7.03. The number of aromatic nitrogens is 6. The maximum absolute atomic E-state index is 11.9. The lowest BCUT2D eigenvalue weighted by Crippen LogP contribution is -2.43. The number of piperidine rings is 1. The highest BCUT2D eigenvalue weighted by Gasteiger charge is 2.26. The molecule has 0 bridgehead atoms. The third kappa shape index (κ3) is 4.02. The van der Waals surface area contributed by atoms with Crippen LogP contribution in [0.4, 0.5) is 11.6 Å². The van der Waals surface area contributed by atoms with Gasteiger partial charge in [0.1, 0.15) is 11.5 Å². The molecule has 1 unspecified atom stereocenters. The molecule has 1 aliphatic rings. The van der Waals surface area contributed by atoms with Crippen LogP contribution in [-0.4, -0.2) is 59.9 Å².